The zero-order valence-corrected chi connectivity index (χ0v) is 14.3. The molecule has 5 nitrogen and oxygen atoms in total. The monoisotopic (exact) mass is 327 g/mol. The number of H-pyrrole nitrogens is 1. The second kappa shape index (κ2) is 7.29. The summed E-state index contributed by atoms with van der Waals surface area (Å²) in [5.74, 6) is -0.158. The van der Waals surface area contributed by atoms with Crippen molar-refractivity contribution in [2.75, 3.05) is 6.54 Å². The molecule has 1 heterocycles. The number of hydrogen-bond donors (Lipinski definition) is 3. The number of nitrogens with two attached hydrogens (primary N) is 1. The fraction of sp³-hybridized carbons (Fsp3) is 0.625. The number of aryl methyl sites for hydroxylation is 2. The first-order valence-electron chi connectivity index (χ1n) is 7.65. The molecule has 1 atom stereocenters. The molecule has 0 aliphatic heterocycles. The Bertz CT molecular complexity index is 598. The molecule has 1 aromatic heterocycles. The summed E-state index contributed by atoms with van der Waals surface area (Å²) in [6.07, 6.45) is 4.00. The number of aromatic nitrogens is 1. The van der Waals surface area contributed by atoms with Gasteiger partial charge in [0.2, 0.25) is 0 Å². The van der Waals surface area contributed by atoms with E-state index in [9.17, 15) is 9.59 Å². The molecule has 0 saturated carbocycles. The Morgan fingerprint density at radius 3 is 2.64 bits per heavy atom. The molecule has 0 bridgehead atoms. The number of rotatable bonds is 4. The summed E-state index contributed by atoms with van der Waals surface area (Å²) in [5.41, 5.74) is 7.22. The lowest BCUT2D eigenvalue weighted by Gasteiger charge is -2.33. The second-order valence-corrected chi connectivity index (χ2v) is 6.45. The fourth-order valence-electron chi connectivity index (χ4n) is 2.60. The number of carbonyl (C=O) groups is 1. The van der Waals surface area contributed by atoms with Crippen molar-refractivity contribution in [3.63, 3.8) is 0 Å². The van der Waals surface area contributed by atoms with Gasteiger partial charge in [-0.05, 0) is 50.2 Å². The highest BCUT2D eigenvalue weighted by atomic mass is 35.5. The van der Waals surface area contributed by atoms with Gasteiger partial charge in [-0.3, -0.25) is 9.59 Å². The highest BCUT2D eigenvalue weighted by Crippen LogP contribution is 2.19. The van der Waals surface area contributed by atoms with Gasteiger partial charge >= 0.3 is 0 Å². The summed E-state index contributed by atoms with van der Waals surface area (Å²) in [6.45, 7) is 6.25. The largest absolute Gasteiger partial charge is 0.345 e. The van der Waals surface area contributed by atoms with Gasteiger partial charge < -0.3 is 16.0 Å². The van der Waals surface area contributed by atoms with E-state index in [-0.39, 0.29) is 35.4 Å². The molecule has 0 fully saturated rings. The van der Waals surface area contributed by atoms with Gasteiger partial charge in [0.05, 0.1) is 5.54 Å². The van der Waals surface area contributed by atoms with Crippen LogP contribution in [0.3, 0.4) is 0 Å². The minimum Gasteiger partial charge on any atom is -0.345 e. The molecule has 2 rings (SSSR count). The minimum absolute atomic E-state index is 0. The Kier molecular flexibility index (Phi) is 6.20. The first-order chi connectivity index (χ1) is 9.87. The normalized spacial score (nSPS) is 16.4. The van der Waals surface area contributed by atoms with Gasteiger partial charge in [-0.1, -0.05) is 13.8 Å². The Balaban J connectivity index is 0.00000242. The van der Waals surface area contributed by atoms with E-state index < -0.39 is 5.54 Å². The zero-order valence-electron chi connectivity index (χ0n) is 13.5. The molecule has 0 aromatic carbocycles. The number of carbonyl (C=O) groups excluding carboxylic acids is 1. The number of pyridine rings is 1. The van der Waals surface area contributed by atoms with Crippen molar-refractivity contribution in [2.24, 2.45) is 11.7 Å². The Hall–Kier alpha value is -1.33. The van der Waals surface area contributed by atoms with Crippen LogP contribution in [-0.2, 0) is 12.8 Å². The van der Waals surface area contributed by atoms with Crippen LogP contribution in [-0.4, -0.2) is 23.0 Å². The Morgan fingerprint density at radius 1 is 1.41 bits per heavy atom. The van der Waals surface area contributed by atoms with Crippen LogP contribution < -0.4 is 16.6 Å². The first kappa shape index (κ1) is 18.7. The molecule has 0 saturated heterocycles. The standard InChI is InChI=1S/C16H25N3O2.ClH/c1-10(2)16(3,9-17)19-15(21)12-8-11-6-4-5-7-13(11)18-14(12)20;/h8,10H,4-7,9,17H2,1-3H3,(H,18,20)(H,19,21);1H. The maximum absolute atomic E-state index is 12.4. The molecule has 0 spiro atoms. The van der Waals surface area contributed by atoms with Gasteiger partial charge in [0.15, 0.2) is 0 Å². The third-order valence-corrected chi connectivity index (χ3v) is 4.68. The quantitative estimate of drug-likeness (QED) is 0.787. The molecule has 1 unspecified atom stereocenters. The van der Waals surface area contributed by atoms with Crippen LogP contribution in [0.1, 0.15) is 55.2 Å². The third kappa shape index (κ3) is 3.70. The second-order valence-electron chi connectivity index (χ2n) is 6.45. The van der Waals surface area contributed by atoms with E-state index in [4.69, 9.17) is 5.73 Å². The predicted molar refractivity (Wildman–Crippen MR) is 90.7 cm³/mol. The minimum atomic E-state index is -0.514. The molecule has 1 aromatic rings. The zero-order chi connectivity index (χ0) is 15.6. The van der Waals surface area contributed by atoms with Crippen molar-refractivity contribution < 1.29 is 4.79 Å². The van der Waals surface area contributed by atoms with Crippen LogP contribution in [0, 0.1) is 5.92 Å². The van der Waals surface area contributed by atoms with E-state index in [0.717, 1.165) is 36.9 Å². The highest BCUT2D eigenvalue weighted by molar-refractivity contribution is 5.94. The van der Waals surface area contributed by atoms with Crippen molar-refractivity contribution >= 4 is 18.3 Å². The topological polar surface area (TPSA) is 88.0 Å². The van der Waals surface area contributed by atoms with Crippen LogP contribution in [0.5, 0.6) is 0 Å². The highest BCUT2D eigenvalue weighted by Gasteiger charge is 2.30. The molecule has 6 heteroatoms. The Morgan fingerprint density at radius 2 is 2.05 bits per heavy atom. The SMILES string of the molecule is CC(C)C(C)(CN)NC(=O)c1cc2c([nH]c1=O)CCCC2.Cl. The molecular formula is C16H26ClN3O2. The maximum atomic E-state index is 12.4. The lowest BCUT2D eigenvalue weighted by molar-refractivity contribution is 0.0881. The average Bonchev–Trinajstić information content (AvgIpc) is 2.46. The fourth-order valence-corrected chi connectivity index (χ4v) is 2.60. The van der Waals surface area contributed by atoms with Gasteiger partial charge in [-0.25, -0.2) is 0 Å². The molecule has 124 valence electrons. The van der Waals surface area contributed by atoms with Crippen molar-refractivity contribution in [3.8, 4) is 0 Å². The summed E-state index contributed by atoms with van der Waals surface area (Å²) >= 11 is 0. The Labute approximate surface area is 137 Å². The van der Waals surface area contributed by atoms with Gasteiger partial charge in [-0.2, -0.15) is 0 Å². The summed E-state index contributed by atoms with van der Waals surface area (Å²) in [6, 6.07) is 1.75. The first-order valence-corrected chi connectivity index (χ1v) is 7.65. The van der Waals surface area contributed by atoms with E-state index in [1.54, 1.807) is 6.07 Å². The summed E-state index contributed by atoms with van der Waals surface area (Å²) in [4.78, 5) is 27.4. The van der Waals surface area contributed by atoms with Crippen LogP contribution in [0.15, 0.2) is 10.9 Å². The predicted octanol–water partition coefficient (Wildman–Crippen LogP) is 1.78. The number of hydrogen-bond acceptors (Lipinski definition) is 3. The van der Waals surface area contributed by atoms with E-state index in [0.29, 0.717) is 6.54 Å². The van der Waals surface area contributed by atoms with Crippen LogP contribution in [0.2, 0.25) is 0 Å². The molecule has 4 N–H and O–H groups in total. The van der Waals surface area contributed by atoms with Crippen LogP contribution >= 0.6 is 12.4 Å². The van der Waals surface area contributed by atoms with Gasteiger partial charge in [0.25, 0.3) is 11.5 Å². The molecule has 0 radical (unpaired) electrons. The smallest absolute Gasteiger partial charge is 0.261 e. The number of aromatic amines is 1. The average molecular weight is 328 g/mol. The van der Waals surface area contributed by atoms with E-state index >= 15 is 0 Å². The van der Waals surface area contributed by atoms with Crippen LogP contribution in [0.25, 0.3) is 0 Å². The van der Waals surface area contributed by atoms with E-state index in [2.05, 4.69) is 10.3 Å². The summed E-state index contributed by atoms with van der Waals surface area (Å²) in [5, 5.41) is 2.92. The molecule has 1 aliphatic rings. The van der Waals surface area contributed by atoms with Gasteiger partial charge in [0, 0.05) is 12.2 Å². The third-order valence-electron chi connectivity index (χ3n) is 4.68. The summed E-state index contributed by atoms with van der Waals surface area (Å²) in [7, 11) is 0. The van der Waals surface area contributed by atoms with Crippen molar-refractivity contribution in [1.82, 2.24) is 10.3 Å². The van der Waals surface area contributed by atoms with Crippen molar-refractivity contribution in [2.45, 2.75) is 52.0 Å². The summed E-state index contributed by atoms with van der Waals surface area (Å²) < 4.78 is 0. The maximum Gasteiger partial charge on any atom is 0.261 e. The van der Waals surface area contributed by atoms with Gasteiger partial charge in [-0.15, -0.1) is 12.4 Å². The number of fused-ring (bicyclic) bond motifs is 1. The molecular weight excluding hydrogens is 302 g/mol. The lowest BCUT2D eigenvalue weighted by Crippen LogP contribution is -2.55. The molecule has 1 aliphatic carbocycles. The number of halogens is 1. The number of nitrogens with one attached hydrogen (secondary N) is 2. The van der Waals surface area contributed by atoms with Crippen LogP contribution in [0.4, 0.5) is 0 Å². The lowest BCUT2D eigenvalue weighted by atomic mass is 9.88. The van der Waals surface area contributed by atoms with Crippen molar-refractivity contribution in [3.05, 3.63) is 33.2 Å². The molecule has 22 heavy (non-hydrogen) atoms. The van der Waals surface area contributed by atoms with E-state index in [1.807, 2.05) is 20.8 Å². The van der Waals surface area contributed by atoms with Gasteiger partial charge in [0.1, 0.15) is 5.56 Å². The molecule has 1 amide bonds. The van der Waals surface area contributed by atoms with E-state index in [1.165, 1.54) is 0 Å². The number of amides is 1. The van der Waals surface area contributed by atoms with Crippen molar-refractivity contribution in [1.29, 1.82) is 0 Å².